The largest absolute Gasteiger partial charge is 0.365 e. The van der Waals surface area contributed by atoms with Gasteiger partial charge in [0.1, 0.15) is 5.82 Å². The van der Waals surface area contributed by atoms with Gasteiger partial charge in [-0.3, -0.25) is 9.69 Å². The minimum Gasteiger partial charge on any atom is -0.365 e. The number of rotatable bonds is 8. The third kappa shape index (κ3) is 7.14. The molecular formula is C35H43N7O. The van der Waals surface area contributed by atoms with Crippen LogP contribution in [0.2, 0.25) is 0 Å². The number of piperazine rings is 1. The average Bonchev–Trinajstić information content (AvgIpc) is 3.01. The van der Waals surface area contributed by atoms with Crippen molar-refractivity contribution in [3.05, 3.63) is 89.5 Å². The van der Waals surface area contributed by atoms with E-state index in [1.807, 2.05) is 18.2 Å². The lowest BCUT2D eigenvalue weighted by Crippen LogP contribution is -2.54. The summed E-state index contributed by atoms with van der Waals surface area (Å²) in [5.41, 5.74) is 5.31. The first-order valence-electron chi connectivity index (χ1n) is 15.6. The molecule has 43 heavy (non-hydrogen) atoms. The Bertz CT molecular complexity index is 1530. The SMILES string of the molecule is Cc1ccc2nc(N3C[C@@H](C)N[C@@H](C)C3)nc(NCc3ccc(NC(=O)C4CCCCN4Cc4ccccc4)cc3)c2c1. The maximum Gasteiger partial charge on any atom is 0.241 e. The molecular weight excluding hydrogens is 534 g/mol. The van der Waals surface area contributed by atoms with Crippen LogP contribution in [0.1, 0.15) is 49.8 Å². The van der Waals surface area contributed by atoms with Crippen LogP contribution in [0.25, 0.3) is 10.9 Å². The number of hydrogen-bond donors (Lipinski definition) is 3. The molecule has 0 aliphatic carbocycles. The third-order valence-corrected chi connectivity index (χ3v) is 8.51. The Labute approximate surface area is 254 Å². The Kier molecular flexibility index (Phi) is 8.86. The maximum absolute atomic E-state index is 13.3. The number of fused-ring (bicyclic) bond motifs is 1. The average molecular weight is 578 g/mol. The highest BCUT2D eigenvalue weighted by Gasteiger charge is 2.29. The van der Waals surface area contributed by atoms with E-state index in [4.69, 9.17) is 9.97 Å². The summed E-state index contributed by atoms with van der Waals surface area (Å²) in [4.78, 5) is 27.9. The summed E-state index contributed by atoms with van der Waals surface area (Å²) in [6.07, 6.45) is 3.11. The molecule has 0 saturated carbocycles. The van der Waals surface area contributed by atoms with Crippen molar-refractivity contribution in [1.29, 1.82) is 0 Å². The summed E-state index contributed by atoms with van der Waals surface area (Å²) in [5.74, 6) is 1.69. The lowest BCUT2D eigenvalue weighted by molar-refractivity contribution is -0.122. The van der Waals surface area contributed by atoms with Gasteiger partial charge in [-0.2, -0.15) is 4.98 Å². The van der Waals surface area contributed by atoms with Crippen molar-refractivity contribution in [2.24, 2.45) is 0 Å². The van der Waals surface area contributed by atoms with E-state index in [2.05, 4.69) is 101 Å². The minimum absolute atomic E-state index is 0.0772. The van der Waals surface area contributed by atoms with Gasteiger partial charge in [-0.1, -0.05) is 60.5 Å². The molecule has 0 radical (unpaired) electrons. The first kappa shape index (κ1) is 29.1. The fraction of sp³-hybridized carbons (Fsp3) is 0.400. The molecule has 3 aromatic carbocycles. The third-order valence-electron chi connectivity index (χ3n) is 8.51. The summed E-state index contributed by atoms with van der Waals surface area (Å²) < 4.78 is 0. The first-order valence-corrected chi connectivity index (χ1v) is 15.6. The fourth-order valence-corrected chi connectivity index (χ4v) is 6.41. The van der Waals surface area contributed by atoms with Crippen molar-refractivity contribution in [2.75, 3.05) is 35.2 Å². The van der Waals surface area contributed by atoms with E-state index in [1.165, 1.54) is 11.1 Å². The van der Waals surface area contributed by atoms with Gasteiger partial charge in [0.2, 0.25) is 11.9 Å². The van der Waals surface area contributed by atoms with Crippen LogP contribution in [-0.2, 0) is 17.9 Å². The highest BCUT2D eigenvalue weighted by atomic mass is 16.2. The van der Waals surface area contributed by atoms with Crippen molar-refractivity contribution in [1.82, 2.24) is 20.2 Å². The molecule has 2 saturated heterocycles. The lowest BCUT2D eigenvalue weighted by Gasteiger charge is -2.36. The van der Waals surface area contributed by atoms with Crippen LogP contribution in [0, 0.1) is 6.92 Å². The van der Waals surface area contributed by atoms with Crippen LogP contribution >= 0.6 is 0 Å². The lowest BCUT2D eigenvalue weighted by atomic mass is 10.00. The van der Waals surface area contributed by atoms with Crippen LogP contribution in [0.3, 0.4) is 0 Å². The second-order valence-corrected chi connectivity index (χ2v) is 12.3. The van der Waals surface area contributed by atoms with Crippen LogP contribution in [0.15, 0.2) is 72.8 Å². The molecule has 3 N–H and O–H groups in total. The summed E-state index contributed by atoms with van der Waals surface area (Å²) >= 11 is 0. The number of benzene rings is 3. The highest BCUT2D eigenvalue weighted by Crippen LogP contribution is 2.27. The first-order chi connectivity index (χ1) is 20.9. The number of carbonyl (C=O) groups excluding carboxylic acids is 1. The summed E-state index contributed by atoms with van der Waals surface area (Å²) in [5, 5.41) is 11.4. The number of likely N-dealkylation sites (tertiary alicyclic amines) is 1. The molecule has 4 aromatic rings. The van der Waals surface area contributed by atoms with Gasteiger partial charge in [-0.25, -0.2) is 4.98 Å². The van der Waals surface area contributed by atoms with Crippen LogP contribution in [0.5, 0.6) is 0 Å². The molecule has 1 amide bonds. The predicted octanol–water partition coefficient (Wildman–Crippen LogP) is 5.73. The quantitative estimate of drug-likeness (QED) is 0.247. The number of amides is 1. The number of aromatic nitrogens is 2. The molecule has 2 fully saturated rings. The van der Waals surface area contributed by atoms with Gasteiger partial charge in [-0.05, 0) is 75.5 Å². The van der Waals surface area contributed by atoms with Gasteiger partial charge in [0.05, 0.1) is 11.6 Å². The molecule has 3 atom stereocenters. The second kappa shape index (κ2) is 13.1. The molecule has 2 aliphatic heterocycles. The van der Waals surface area contributed by atoms with E-state index in [0.717, 1.165) is 79.4 Å². The van der Waals surface area contributed by atoms with Crippen molar-refractivity contribution >= 4 is 34.3 Å². The molecule has 2 aliphatic rings. The predicted molar refractivity (Wildman–Crippen MR) is 175 cm³/mol. The Hall–Kier alpha value is -4.01. The van der Waals surface area contributed by atoms with E-state index < -0.39 is 0 Å². The number of nitrogens with one attached hydrogen (secondary N) is 3. The fourth-order valence-electron chi connectivity index (χ4n) is 6.41. The van der Waals surface area contributed by atoms with Crippen molar-refractivity contribution in [3.63, 3.8) is 0 Å². The monoisotopic (exact) mass is 577 g/mol. The van der Waals surface area contributed by atoms with Crippen molar-refractivity contribution in [3.8, 4) is 0 Å². The summed E-state index contributed by atoms with van der Waals surface area (Å²) in [6.45, 7) is 10.6. The zero-order valence-corrected chi connectivity index (χ0v) is 25.5. The topological polar surface area (TPSA) is 85.4 Å². The van der Waals surface area contributed by atoms with E-state index in [1.54, 1.807) is 0 Å². The van der Waals surface area contributed by atoms with Gasteiger partial charge < -0.3 is 20.9 Å². The number of aryl methyl sites for hydroxylation is 1. The van der Waals surface area contributed by atoms with Gasteiger partial charge in [-0.15, -0.1) is 0 Å². The number of piperidine rings is 1. The Morgan fingerprint density at radius 3 is 2.47 bits per heavy atom. The molecule has 0 bridgehead atoms. The number of carbonyl (C=O) groups is 1. The molecule has 8 heteroatoms. The van der Waals surface area contributed by atoms with E-state index in [-0.39, 0.29) is 11.9 Å². The normalized spacial score (nSPS) is 21.1. The minimum atomic E-state index is -0.111. The van der Waals surface area contributed by atoms with Gasteiger partial charge in [0.15, 0.2) is 0 Å². The molecule has 1 unspecified atom stereocenters. The zero-order valence-electron chi connectivity index (χ0n) is 25.5. The molecule has 224 valence electrons. The smallest absolute Gasteiger partial charge is 0.241 e. The second-order valence-electron chi connectivity index (χ2n) is 12.3. The zero-order chi connectivity index (χ0) is 29.8. The Balaban J connectivity index is 1.13. The number of nitrogens with zero attached hydrogens (tertiary/aromatic N) is 4. The molecule has 8 nitrogen and oxygen atoms in total. The van der Waals surface area contributed by atoms with Crippen molar-refractivity contribution in [2.45, 2.75) is 71.2 Å². The van der Waals surface area contributed by atoms with E-state index >= 15 is 0 Å². The van der Waals surface area contributed by atoms with Crippen LogP contribution < -0.4 is 20.9 Å². The Morgan fingerprint density at radius 2 is 1.70 bits per heavy atom. The maximum atomic E-state index is 13.3. The molecule has 0 spiro atoms. The summed E-state index contributed by atoms with van der Waals surface area (Å²) in [7, 11) is 0. The van der Waals surface area contributed by atoms with Crippen LogP contribution in [-0.4, -0.2) is 58.5 Å². The number of anilines is 3. The summed E-state index contributed by atoms with van der Waals surface area (Å²) in [6, 6.07) is 25.5. The van der Waals surface area contributed by atoms with Crippen LogP contribution in [0.4, 0.5) is 17.5 Å². The van der Waals surface area contributed by atoms with Gasteiger partial charge in [0, 0.05) is 49.3 Å². The number of hydrogen-bond acceptors (Lipinski definition) is 7. The van der Waals surface area contributed by atoms with Gasteiger partial charge in [0.25, 0.3) is 0 Å². The highest BCUT2D eigenvalue weighted by molar-refractivity contribution is 5.95. The van der Waals surface area contributed by atoms with E-state index in [0.29, 0.717) is 18.6 Å². The standard InChI is InChI=1S/C35H43N7O/c1-24-12-17-31-30(19-24)33(40-35(39-31)42-21-25(2)37-26(3)22-42)36-20-27-13-15-29(16-14-27)38-34(43)32-11-7-8-18-41(32)23-28-9-5-4-6-10-28/h4-6,9-10,12-17,19,25-26,32,37H,7-8,11,18,20-23H2,1-3H3,(H,38,43)(H,36,39,40)/t25-,26+,32?. The Morgan fingerprint density at radius 1 is 0.930 bits per heavy atom. The van der Waals surface area contributed by atoms with Gasteiger partial charge >= 0.3 is 0 Å². The molecule has 1 aromatic heterocycles. The van der Waals surface area contributed by atoms with E-state index in [9.17, 15) is 4.79 Å². The van der Waals surface area contributed by atoms with Crippen molar-refractivity contribution < 1.29 is 4.79 Å². The molecule has 6 rings (SSSR count). The molecule has 3 heterocycles.